The van der Waals surface area contributed by atoms with E-state index in [2.05, 4.69) is 0 Å². The fourth-order valence-electron chi connectivity index (χ4n) is 0.106. The van der Waals surface area contributed by atoms with Gasteiger partial charge in [0.25, 0.3) is 0 Å². The van der Waals surface area contributed by atoms with Gasteiger partial charge in [-0.25, -0.2) is 0 Å². The predicted octanol–water partition coefficient (Wildman–Crippen LogP) is -2.21. The van der Waals surface area contributed by atoms with Crippen molar-refractivity contribution < 1.29 is 19.5 Å². The van der Waals surface area contributed by atoms with Crippen molar-refractivity contribution in [3.05, 3.63) is 0 Å². The SMILES string of the molecule is NC(CO)P(=O)(O)O.[NaH]. The molecule has 5 nitrogen and oxygen atoms in total. The van der Waals surface area contributed by atoms with Crippen molar-refractivity contribution in [3.63, 3.8) is 0 Å². The molecule has 0 aromatic heterocycles. The molecule has 52 valence electrons. The maximum atomic E-state index is 9.97. The molecule has 7 heteroatoms. The summed E-state index contributed by atoms with van der Waals surface area (Å²) in [5, 5.41) is 8.05. The first kappa shape index (κ1) is 12.7. The first-order valence-electron chi connectivity index (χ1n) is 1.90. The average molecular weight is 165 g/mol. The van der Waals surface area contributed by atoms with E-state index in [-0.39, 0.29) is 29.6 Å². The summed E-state index contributed by atoms with van der Waals surface area (Å²) in [5.74, 6) is -1.43. The fraction of sp³-hybridized carbons (Fsp3) is 1.00. The maximum absolute atomic E-state index is 9.97. The number of hydrogen-bond acceptors (Lipinski definition) is 3. The van der Waals surface area contributed by atoms with Crippen LogP contribution in [0.2, 0.25) is 0 Å². The van der Waals surface area contributed by atoms with Crippen molar-refractivity contribution >= 4 is 37.2 Å². The molecule has 0 saturated carbocycles. The Kier molecular flexibility index (Phi) is 6.81. The van der Waals surface area contributed by atoms with E-state index in [0.717, 1.165) is 0 Å². The van der Waals surface area contributed by atoms with Crippen molar-refractivity contribution in [2.75, 3.05) is 6.61 Å². The molecule has 5 N–H and O–H groups in total. The van der Waals surface area contributed by atoms with Crippen LogP contribution in [0, 0.1) is 0 Å². The van der Waals surface area contributed by atoms with Gasteiger partial charge < -0.3 is 20.6 Å². The molecule has 0 saturated heterocycles. The Hall–Kier alpha value is 1.07. The van der Waals surface area contributed by atoms with Gasteiger partial charge in [-0.1, -0.05) is 0 Å². The zero-order chi connectivity index (χ0) is 6.78. The van der Waals surface area contributed by atoms with Crippen LogP contribution in [0.25, 0.3) is 0 Å². The molecule has 0 aromatic carbocycles. The second-order valence-corrected chi connectivity index (χ2v) is 3.18. The zero-order valence-electron chi connectivity index (χ0n) is 4.06. The van der Waals surface area contributed by atoms with E-state index in [9.17, 15) is 4.57 Å². The molecule has 0 aliphatic carbocycles. The van der Waals surface area contributed by atoms with Gasteiger partial charge in [-0.05, 0) is 0 Å². The molecule has 1 unspecified atom stereocenters. The second-order valence-electron chi connectivity index (χ2n) is 1.34. The van der Waals surface area contributed by atoms with Gasteiger partial charge in [0.15, 0.2) is 0 Å². The van der Waals surface area contributed by atoms with Gasteiger partial charge in [-0.3, -0.25) is 4.57 Å². The van der Waals surface area contributed by atoms with E-state index in [1.54, 1.807) is 0 Å². The van der Waals surface area contributed by atoms with Gasteiger partial charge in [0.1, 0.15) is 5.78 Å². The van der Waals surface area contributed by atoms with Crippen molar-refractivity contribution in [2.24, 2.45) is 5.73 Å². The quantitative estimate of drug-likeness (QED) is 0.274. The molecule has 0 aromatic rings. The summed E-state index contributed by atoms with van der Waals surface area (Å²) in [4.78, 5) is 16.2. The van der Waals surface area contributed by atoms with Crippen molar-refractivity contribution in [1.29, 1.82) is 0 Å². The Morgan fingerprint density at radius 3 is 1.89 bits per heavy atom. The first-order valence-corrected chi connectivity index (χ1v) is 3.58. The van der Waals surface area contributed by atoms with E-state index in [0.29, 0.717) is 0 Å². The summed E-state index contributed by atoms with van der Waals surface area (Å²) in [6, 6.07) is 0. The van der Waals surface area contributed by atoms with E-state index < -0.39 is 20.0 Å². The summed E-state index contributed by atoms with van der Waals surface area (Å²) in [6.45, 7) is -0.690. The standard InChI is InChI=1S/C2H8NO4P.Na.H/c3-2(1-4)8(5,6)7;;/h2,4H,1,3H2,(H2,5,6,7);;. The molecule has 0 bridgehead atoms. The Morgan fingerprint density at radius 1 is 1.56 bits per heavy atom. The fourth-order valence-corrected chi connectivity index (χ4v) is 0.319. The van der Waals surface area contributed by atoms with Crippen LogP contribution in [0.1, 0.15) is 0 Å². The van der Waals surface area contributed by atoms with Crippen LogP contribution in [0.5, 0.6) is 0 Å². The van der Waals surface area contributed by atoms with Crippen LogP contribution in [0.15, 0.2) is 0 Å². The molecule has 0 amide bonds. The summed E-state index contributed by atoms with van der Waals surface area (Å²) < 4.78 is 9.97. The molecular weight excluding hydrogens is 156 g/mol. The number of rotatable bonds is 2. The predicted molar refractivity (Wildman–Crippen MR) is 34.3 cm³/mol. The monoisotopic (exact) mass is 165 g/mol. The number of nitrogens with two attached hydrogens (primary N) is 1. The molecule has 0 radical (unpaired) electrons. The molecule has 0 aliphatic rings. The molecule has 1 atom stereocenters. The molecule has 0 fully saturated rings. The van der Waals surface area contributed by atoms with E-state index >= 15 is 0 Å². The molecule has 0 aliphatic heterocycles. The van der Waals surface area contributed by atoms with Crippen LogP contribution in [-0.4, -0.2) is 56.8 Å². The first-order chi connectivity index (χ1) is 3.48. The third kappa shape index (κ3) is 5.51. The van der Waals surface area contributed by atoms with E-state index in [1.165, 1.54) is 0 Å². The van der Waals surface area contributed by atoms with Crippen LogP contribution < -0.4 is 5.73 Å². The normalized spacial score (nSPS) is 14.2. The number of aliphatic hydroxyl groups excluding tert-OH is 1. The van der Waals surface area contributed by atoms with Gasteiger partial charge in [-0.2, -0.15) is 0 Å². The number of aliphatic hydroxyl groups is 1. The summed E-state index contributed by atoms with van der Waals surface area (Å²) >= 11 is 0. The zero-order valence-corrected chi connectivity index (χ0v) is 4.95. The third-order valence-electron chi connectivity index (χ3n) is 0.619. The Morgan fingerprint density at radius 2 is 1.89 bits per heavy atom. The van der Waals surface area contributed by atoms with Crippen LogP contribution in [0.4, 0.5) is 0 Å². The van der Waals surface area contributed by atoms with Crippen molar-refractivity contribution in [2.45, 2.75) is 5.78 Å². The van der Waals surface area contributed by atoms with E-state index in [1.807, 2.05) is 0 Å². The van der Waals surface area contributed by atoms with E-state index in [4.69, 9.17) is 20.6 Å². The van der Waals surface area contributed by atoms with Crippen LogP contribution in [-0.2, 0) is 4.57 Å². The Bertz CT molecular complexity index is 113. The molecule has 9 heavy (non-hydrogen) atoms. The van der Waals surface area contributed by atoms with Gasteiger partial charge in [-0.15, -0.1) is 0 Å². The van der Waals surface area contributed by atoms with Crippen molar-refractivity contribution in [1.82, 2.24) is 0 Å². The summed E-state index contributed by atoms with van der Waals surface area (Å²) in [6.07, 6.45) is 0. The number of hydrogen-bond donors (Lipinski definition) is 4. The van der Waals surface area contributed by atoms with Gasteiger partial charge in [0, 0.05) is 0 Å². The third-order valence-corrected chi connectivity index (χ3v) is 1.65. The van der Waals surface area contributed by atoms with Crippen LogP contribution >= 0.6 is 7.60 Å². The minimum absolute atomic E-state index is 0. The Balaban J connectivity index is 0. The van der Waals surface area contributed by atoms with Gasteiger partial charge in [0.05, 0.1) is 6.61 Å². The molecule has 0 spiro atoms. The second kappa shape index (κ2) is 4.82. The topological polar surface area (TPSA) is 104 Å². The summed E-state index contributed by atoms with van der Waals surface area (Å²) in [5.41, 5.74) is 4.74. The molecular formula is C2H9NNaO4P. The van der Waals surface area contributed by atoms with Gasteiger partial charge >= 0.3 is 37.2 Å². The molecule has 0 rings (SSSR count). The molecule has 0 heterocycles. The van der Waals surface area contributed by atoms with Crippen LogP contribution in [0.3, 0.4) is 0 Å². The summed E-state index contributed by atoms with van der Waals surface area (Å²) in [7, 11) is -4.23. The Labute approximate surface area is 74.7 Å². The van der Waals surface area contributed by atoms with Crippen molar-refractivity contribution in [3.8, 4) is 0 Å². The van der Waals surface area contributed by atoms with Gasteiger partial charge in [0.2, 0.25) is 0 Å². The average Bonchev–Trinajstić information content (AvgIpc) is 1.62. The minimum atomic E-state index is -4.23.